The van der Waals surface area contributed by atoms with Crippen LogP contribution in [0.15, 0.2) is 69.0 Å². The number of carbonyl (C=O) groups excluding carboxylic acids is 1. The number of allylic oxidation sites excluding steroid dienone is 1. The minimum atomic E-state index is -0.648. The largest absolute Gasteiger partial charge is 0.422 e. The zero-order valence-electron chi connectivity index (χ0n) is 19.3. The maximum Gasteiger partial charge on any atom is 0.347 e. The van der Waals surface area contributed by atoms with Crippen LogP contribution in [0.1, 0.15) is 36.7 Å². The lowest BCUT2D eigenvalue weighted by Crippen LogP contribution is -2.42. The first-order valence-corrected chi connectivity index (χ1v) is 11.8. The Morgan fingerprint density at radius 2 is 1.91 bits per heavy atom. The number of rotatable bonds is 5. The van der Waals surface area contributed by atoms with Gasteiger partial charge in [0.25, 0.3) is 0 Å². The highest BCUT2D eigenvalue weighted by atomic mass is 32.2. The van der Waals surface area contributed by atoms with E-state index in [2.05, 4.69) is 47.3 Å². The van der Waals surface area contributed by atoms with Gasteiger partial charge in [-0.1, -0.05) is 36.0 Å². The molecule has 0 bridgehead atoms. The van der Waals surface area contributed by atoms with Gasteiger partial charge in [0.2, 0.25) is 5.16 Å². The van der Waals surface area contributed by atoms with Crippen molar-refractivity contribution in [3.63, 3.8) is 0 Å². The van der Waals surface area contributed by atoms with Crippen LogP contribution >= 0.6 is 11.8 Å². The van der Waals surface area contributed by atoms with Gasteiger partial charge in [0.1, 0.15) is 11.1 Å². The van der Waals surface area contributed by atoms with Crippen molar-refractivity contribution in [2.24, 2.45) is 0 Å². The van der Waals surface area contributed by atoms with Gasteiger partial charge in [-0.2, -0.15) is 4.68 Å². The third kappa shape index (κ3) is 3.81. The number of carbonyl (C=O) groups is 1. The van der Waals surface area contributed by atoms with Gasteiger partial charge in [-0.3, -0.25) is 4.79 Å². The van der Waals surface area contributed by atoms with Crippen LogP contribution in [0.2, 0.25) is 0 Å². The summed E-state index contributed by atoms with van der Waals surface area (Å²) in [6.45, 7) is 6.33. The fourth-order valence-electron chi connectivity index (χ4n) is 4.17. The van der Waals surface area contributed by atoms with Crippen molar-refractivity contribution in [3.05, 3.63) is 76.2 Å². The van der Waals surface area contributed by atoms with Crippen LogP contribution in [0.5, 0.6) is 0 Å². The average Bonchev–Trinajstić information content (AvgIpc) is 3.29. The molecular formula is C25H23N5O3S. The molecule has 3 heterocycles. The number of thioether (sulfide) groups is 1. The third-order valence-electron chi connectivity index (χ3n) is 6.15. The monoisotopic (exact) mass is 473 g/mol. The summed E-state index contributed by atoms with van der Waals surface area (Å²) in [5, 5.41) is 12.9. The van der Waals surface area contributed by atoms with E-state index in [4.69, 9.17) is 4.42 Å². The molecule has 4 aromatic rings. The molecule has 9 heteroatoms. The van der Waals surface area contributed by atoms with Crippen LogP contribution in [0.4, 0.5) is 5.69 Å². The Balaban J connectivity index is 1.44. The zero-order chi connectivity index (χ0) is 24.0. The molecule has 1 aliphatic rings. The fourth-order valence-corrected chi connectivity index (χ4v) is 4.94. The Kier molecular flexibility index (Phi) is 5.36. The molecule has 8 nitrogen and oxygen atoms in total. The van der Waals surface area contributed by atoms with Crippen molar-refractivity contribution >= 4 is 39.8 Å². The number of fused-ring (bicyclic) bond motifs is 2. The molecule has 172 valence electrons. The number of anilines is 1. The Hall–Kier alpha value is -3.72. The molecule has 2 aromatic heterocycles. The lowest BCUT2D eigenvalue weighted by Gasteiger charge is -2.40. The summed E-state index contributed by atoms with van der Waals surface area (Å²) in [6.07, 6.45) is 2.21. The second-order valence-corrected chi connectivity index (χ2v) is 9.76. The van der Waals surface area contributed by atoms with Crippen molar-refractivity contribution in [2.45, 2.75) is 31.5 Å². The van der Waals surface area contributed by atoms with Gasteiger partial charge in [-0.05, 0) is 61.0 Å². The smallest absolute Gasteiger partial charge is 0.347 e. The molecule has 0 aliphatic carbocycles. The van der Waals surface area contributed by atoms with Crippen molar-refractivity contribution in [1.82, 2.24) is 20.2 Å². The Bertz CT molecular complexity index is 1500. The highest BCUT2D eigenvalue weighted by molar-refractivity contribution is 7.99. The zero-order valence-corrected chi connectivity index (χ0v) is 20.1. The first kappa shape index (κ1) is 22.1. The van der Waals surface area contributed by atoms with Gasteiger partial charge in [-0.15, -0.1) is 5.10 Å². The SMILES string of the molecule is CC1=CC(C)(C)N(C)c2cc3oc(=O)c(C(=O)CSc4nnnn4-c4ccccc4)cc3cc21. The average molecular weight is 474 g/mol. The van der Waals surface area contributed by atoms with E-state index in [1.807, 2.05) is 49.5 Å². The van der Waals surface area contributed by atoms with Crippen LogP contribution < -0.4 is 10.5 Å². The molecule has 5 rings (SSSR count). The van der Waals surface area contributed by atoms with E-state index in [1.165, 1.54) is 11.8 Å². The molecular weight excluding hydrogens is 450 g/mol. The van der Waals surface area contributed by atoms with Crippen molar-refractivity contribution in [3.8, 4) is 5.69 Å². The van der Waals surface area contributed by atoms with Gasteiger partial charge >= 0.3 is 5.63 Å². The van der Waals surface area contributed by atoms with E-state index >= 15 is 0 Å². The molecule has 2 aromatic carbocycles. The predicted octanol–water partition coefficient (Wildman–Crippen LogP) is 4.38. The van der Waals surface area contributed by atoms with Crippen LogP contribution in [-0.2, 0) is 0 Å². The summed E-state index contributed by atoms with van der Waals surface area (Å²) in [7, 11) is 2.02. The summed E-state index contributed by atoms with van der Waals surface area (Å²) in [6, 6.07) is 14.9. The highest BCUT2D eigenvalue weighted by Crippen LogP contribution is 2.39. The lowest BCUT2D eigenvalue weighted by atomic mass is 9.88. The van der Waals surface area contributed by atoms with E-state index in [1.54, 1.807) is 10.7 Å². The van der Waals surface area contributed by atoms with Crippen molar-refractivity contribution in [2.75, 3.05) is 17.7 Å². The van der Waals surface area contributed by atoms with Crippen molar-refractivity contribution < 1.29 is 9.21 Å². The predicted molar refractivity (Wildman–Crippen MR) is 133 cm³/mol. The molecule has 0 fully saturated rings. The number of nitrogens with zero attached hydrogens (tertiary/aromatic N) is 5. The molecule has 34 heavy (non-hydrogen) atoms. The van der Waals surface area contributed by atoms with E-state index in [9.17, 15) is 9.59 Å². The lowest BCUT2D eigenvalue weighted by molar-refractivity contribution is 0.101. The fraction of sp³-hybridized carbons (Fsp3) is 0.240. The van der Waals surface area contributed by atoms with Gasteiger partial charge in [-0.25, -0.2) is 4.79 Å². The molecule has 0 atom stereocenters. The Morgan fingerprint density at radius 1 is 1.15 bits per heavy atom. The van der Waals surface area contributed by atoms with Gasteiger partial charge in [0.15, 0.2) is 5.78 Å². The highest BCUT2D eigenvalue weighted by Gasteiger charge is 2.29. The maximum atomic E-state index is 13.0. The quantitative estimate of drug-likeness (QED) is 0.240. The normalized spacial score (nSPS) is 14.7. The molecule has 0 saturated carbocycles. The number of hydrogen-bond donors (Lipinski definition) is 0. The number of hydrogen-bond acceptors (Lipinski definition) is 8. The van der Waals surface area contributed by atoms with Crippen LogP contribution in [-0.4, -0.2) is 44.3 Å². The number of benzene rings is 2. The standard InChI is InChI=1S/C25H23N5O3S/c1-15-13-25(2,3)29(4)20-12-22-16(10-18(15)20)11-19(23(32)33-22)21(31)14-34-24-26-27-28-30(24)17-8-6-5-7-9-17/h5-13H,14H2,1-4H3. The first-order chi connectivity index (χ1) is 16.2. The van der Waals surface area contributed by atoms with E-state index in [0.29, 0.717) is 16.1 Å². The Morgan fingerprint density at radius 3 is 2.68 bits per heavy atom. The second-order valence-electron chi connectivity index (χ2n) is 8.82. The number of ketones is 1. The second kappa shape index (κ2) is 8.25. The third-order valence-corrected chi connectivity index (χ3v) is 7.06. The van der Waals surface area contributed by atoms with Gasteiger partial charge < -0.3 is 9.32 Å². The molecule has 0 spiro atoms. The first-order valence-electron chi connectivity index (χ1n) is 10.8. The van der Waals surface area contributed by atoms with Crippen molar-refractivity contribution in [1.29, 1.82) is 0 Å². The summed E-state index contributed by atoms with van der Waals surface area (Å²) in [5.74, 6) is -0.337. The van der Waals surface area contributed by atoms with E-state index in [-0.39, 0.29) is 22.6 Å². The molecule has 0 unspecified atom stereocenters. The topological polar surface area (TPSA) is 94.1 Å². The van der Waals surface area contributed by atoms with Gasteiger partial charge in [0, 0.05) is 29.8 Å². The van der Waals surface area contributed by atoms with Gasteiger partial charge in [0.05, 0.1) is 17.0 Å². The Labute approximate surface area is 200 Å². The number of tetrazole rings is 1. The molecule has 0 amide bonds. The van der Waals surface area contributed by atoms with Crippen LogP contribution in [0.3, 0.4) is 0 Å². The molecule has 0 radical (unpaired) electrons. The molecule has 0 saturated heterocycles. The summed E-state index contributed by atoms with van der Waals surface area (Å²) in [4.78, 5) is 27.8. The van der Waals surface area contributed by atoms with Crippen LogP contribution in [0, 0.1) is 0 Å². The maximum absolute atomic E-state index is 13.0. The number of aromatic nitrogens is 4. The summed E-state index contributed by atoms with van der Waals surface area (Å²) < 4.78 is 7.14. The minimum Gasteiger partial charge on any atom is -0.422 e. The summed E-state index contributed by atoms with van der Waals surface area (Å²) in [5.41, 5.74) is 3.64. The van der Waals surface area contributed by atoms with E-state index < -0.39 is 5.63 Å². The van der Waals surface area contributed by atoms with E-state index in [0.717, 1.165) is 22.5 Å². The number of para-hydroxylation sites is 1. The van der Waals surface area contributed by atoms with Crippen LogP contribution in [0.25, 0.3) is 22.2 Å². The molecule has 0 N–H and O–H groups in total. The minimum absolute atomic E-state index is 0.00424. The number of Topliss-reactive ketones (excluding diaryl/α,β-unsaturated/α-hetero) is 1. The number of likely N-dealkylation sites (N-methyl/N-ethyl adjacent to an activating group) is 1. The molecule has 1 aliphatic heterocycles. The summed E-state index contributed by atoms with van der Waals surface area (Å²) >= 11 is 1.17.